The van der Waals surface area contributed by atoms with Crippen LogP contribution in [0.4, 0.5) is 0 Å². The number of aliphatic carboxylic acids is 1. The lowest BCUT2D eigenvalue weighted by molar-refractivity contribution is -0.149. The molecule has 0 radical (unpaired) electrons. The molecule has 27 heavy (non-hydrogen) atoms. The Kier molecular flexibility index (Phi) is 9.35. The lowest BCUT2D eigenvalue weighted by atomic mass is 9.82. The number of thioether (sulfide) groups is 1. The predicted molar refractivity (Wildman–Crippen MR) is 109 cm³/mol. The van der Waals surface area contributed by atoms with Crippen molar-refractivity contribution in [3.05, 3.63) is 35.4 Å². The topological polar surface area (TPSA) is 95.5 Å². The highest BCUT2D eigenvalue weighted by Gasteiger charge is 2.36. The van der Waals surface area contributed by atoms with Crippen LogP contribution in [0.5, 0.6) is 0 Å². The first-order valence-electron chi connectivity index (χ1n) is 9.17. The van der Waals surface area contributed by atoms with Gasteiger partial charge in [0.15, 0.2) is 0 Å². The largest absolute Gasteiger partial charge is 0.481 e. The maximum atomic E-state index is 12.7. The second-order valence-electron chi connectivity index (χ2n) is 6.69. The van der Waals surface area contributed by atoms with Gasteiger partial charge in [0, 0.05) is 12.1 Å². The van der Waals surface area contributed by atoms with Crippen LogP contribution in [-0.2, 0) is 9.59 Å². The maximum Gasteiger partial charge on any atom is 0.311 e. The Morgan fingerprint density at radius 2 is 1.89 bits per heavy atom. The lowest BCUT2D eigenvalue weighted by Gasteiger charge is -2.28. The van der Waals surface area contributed by atoms with E-state index in [1.807, 2.05) is 19.2 Å². The van der Waals surface area contributed by atoms with E-state index < -0.39 is 17.4 Å². The van der Waals surface area contributed by atoms with Crippen LogP contribution in [0.25, 0.3) is 0 Å². The third-order valence-electron chi connectivity index (χ3n) is 4.92. The first-order valence-corrected chi connectivity index (χ1v) is 10.6. The van der Waals surface area contributed by atoms with Gasteiger partial charge >= 0.3 is 5.97 Å². The van der Waals surface area contributed by atoms with Gasteiger partial charge in [-0.25, -0.2) is 0 Å². The number of carbonyl (C=O) groups is 3. The normalized spacial score (nSPS) is 12.3. The fourth-order valence-electron chi connectivity index (χ4n) is 2.79. The van der Waals surface area contributed by atoms with Gasteiger partial charge in [0.1, 0.15) is 6.04 Å². The van der Waals surface area contributed by atoms with Crippen LogP contribution in [0.2, 0.25) is 0 Å². The second-order valence-corrected chi connectivity index (χ2v) is 7.67. The fourth-order valence-corrected chi connectivity index (χ4v) is 3.26. The van der Waals surface area contributed by atoms with Crippen molar-refractivity contribution in [1.82, 2.24) is 10.6 Å². The molecule has 0 bridgehead atoms. The van der Waals surface area contributed by atoms with Crippen LogP contribution >= 0.6 is 11.8 Å². The Bertz CT molecular complexity index is 659. The number of hydrogen-bond donors (Lipinski definition) is 3. The van der Waals surface area contributed by atoms with Gasteiger partial charge in [0.2, 0.25) is 5.91 Å². The van der Waals surface area contributed by atoms with E-state index in [-0.39, 0.29) is 18.4 Å². The molecule has 0 saturated carbocycles. The van der Waals surface area contributed by atoms with Crippen LogP contribution in [-0.4, -0.2) is 47.5 Å². The van der Waals surface area contributed by atoms with Gasteiger partial charge in [-0.05, 0) is 50.3 Å². The van der Waals surface area contributed by atoms with Crippen molar-refractivity contribution in [1.29, 1.82) is 0 Å². The monoisotopic (exact) mass is 394 g/mol. The Balaban J connectivity index is 2.84. The van der Waals surface area contributed by atoms with E-state index in [9.17, 15) is 19.5 Å². The molecule has 1 aromatic rings. The summed E-state index contributed by atoms with van der Waals surface area (Å²) in [4.78, 5) is 36.8. The van der Waals surface area contributed by atoms with Crippen LogP contribution in [0.3, 0.4) is 0 Å². The second kappa shape index (κ2) is 11.0. The number of aryl methyl sites for hydroxylation is 1. The van der Waals surface area contributed by atoms with Crippen molar-refractivity contribution in [3.63, 3.8) is 0 Å². The average molecular weight is 395 g/mol. The Morgan fingerprint density at radius 3 is 2.41 bits per heavy atom. The standard InChI is InChI=1S/C20H30N2O4S/c1-5-20(6-2,19(25)26)13-21-18(24)16(10-11-27-4)22-17(23)15-9-7-8-14(3)12-15/h7-9,12,16H,5-6,10-11,13H2,1-4H3,(H,21,24)(H,22,23)(H,25,26)/t16-/m1/s1. The summed E-state index contributed by atoms with van der Waals surface area (Å²) in [5.74, 6) is -0.872. The number of carbonyl (C=O) groups excluding carboxylic acids is 2. The molecule has 0 spiro atoms. The highest BCUT2D eigenvalue weighted by molar-refractivity contribution is 7.98. The van der Waals surface area contributed by atoms with Crippen molar-refractivity contribution in [2.75, 3.05) is 18.6 Å². The molecule has 0 aromatic heterocycles. The highest BCUT2D eigenvalue weighted by Crippen LogP contribution is 2.25. The average Bonchev–Trinajstić information content (AvgIpc) is 2.65. The van der Waals surface area contributed by atoms with Crippen molar-refractivity contribution in [2.45, 2.75) is 46.1 Å². The fraction of sp³-hybridized carbons (Fsp3) is 0.550. The molecule has 0 heterocycles. The quantitative estimate of drug-likeness (QED) is 0.536. The number of hydrogen-bond acceptors (Lipinski definition) is 4. The van der Waals surface area contributed by atoms with Crippen LogP contribution < -0.4 is 10.6 Å². The lowest BCUT2D eigenvalue weighted by Crippen LogP contribution is -2.50. The van der Waals surface area contributed by atoms with E-state index in [2.05, 4.69) is 10.6 Å². The summed E-state index contributed by atoms with van der Waals surface area (Å²) in [6, 6.07) is 6.46. The first-order chi connectivity index (χ1) is 12.8. The van der Waals surface area contributed by atoms with Crippen molar-refractivity contribution >= 4 is 29.5 Å². The molecule has 0 aliphatic carbocycles. The zero-order valence-corrected chi connectivity index (χ0v) is 17.3. The first kappa shape index (κ1) is 23.0. The molecule has 7 heteroatoms. The Labute approximate surface area is 165 Å². The molecular weight excluding hydrogens is 364 g/mol. The van der Waals surface area contributed by atoms with Gasteiger partial charge in [-0.15, -0.1) is 0 Å². The van der Waals surface area contributed by atoms with E-state index in [1.54, 1.807) is 43.8 Å². The minimum absolute atomic E-state index is 0.0459. The number of amides is 2. The summed E-state index contributed by atoms with van der Waals surface area (Å²) in [5.41, 5.74) is 0.476. The van der Waals surface area contributed by atoms with E-state index in [0.717, 1.165) is 5.56 Å². The highest BCUT2D eigenvalue weighted by atomic mass is 32.2. The van der Waals surface area contributed by atoms with Crippen LogP contribution in [0, 0.1) is 12.3 Å². The van der Waals surface area contributed by atoms with Gasteiger partial charge in [0.25, 0.3) is 5.91 Å². The number of rotatable bonds is 11. The summed E-state index contributed by atoms with van der Waals surface area (Å²) < 4.78 is 0. The van der Waals surface area contributed by atoms with Crippen molar-refractivity contribution in [3.8, 4) is 0 Å². The Morgan fingerprint density at radius 1 is 1.22 bits per heavy atom. The Hall–Kier alpha value is -2.02. The third-order valence-corrected chi connectivity index (χ3v) is 5.56. The summed E-state index contributed by atoms with van der Waals surface area (Å²) >= 11 is 1.58. The van der Waals surface area contributed by atoms with Crippen LogP contribution in [0.1, 0.15) is 49.0 Å². The number of carboxylic acid groups (broad SMARTS) is 1. The van der Waals surface area contributed by atoms with E-state index in [0.29, 0.717) is 30.6 Å². The molecule has 150 valence electrons. The van der Waals surface area contributed by atoms with Gasteiger partial charge in [-0.3, -0.25) is 14.4 Å². The van der Waals surface area contributed by atoms with E-state index in [1.165, 1.54) is 0 Å². The zero-order valence-electron chi connectivity index (χ0n) is 16.5. The van der Waals surface area contributed by atoms with Gasteiger partial charge in [-0.1, -0.05) is 31.5 Å². The molecule has 0 aliphatic rings. The third kappa shape index (κ3) is 6.57. The number of carboxylic acids is 1. The molecule has 1 aromatic carbocycles. The molecular formula is C20H30N2O4S. The van der Waals surface area contributed by atoms with Crippen molar-refractivity contribution in [2.24, 2.45) is 5.41 Å². The molecule has 0 unspecified atom stereocenters. The summed E-state index contributed by atoms with van der Waals surface area (Å²) in [7, 11) is 0. The van der Waals surface area contributed by atoms with E-state index >= 15 is 0 Å². The summed E-state index contributed by atoms with van der Waals surface area (Å²) in [6.07, 6.45) is 3.25. The molecule has 6 nitrogen and oxygen atoms in total. The molecule has 0 fully saturated rings. The van der Waals surface area contributed by atoms with Gasteiger partial charge < -0.3 is 15.7 Å². The van der Waals surface area contributed by atoms with E-state index in [4.69, 9.17) is 0 Å². The zero-order chi connectivity index (χ0) is 20.4. The molecule has 0 aliphatic heterocycles. The molecule has 1 rings (SSSR count). The molecule has 1 atom stereocenters. The smallest absolute Gasteiger partial charge is 0.311 e. The van der Waals surface area contributed by atoms with Crippen LogP contribution in [0.15, 0.2) is 24.3 Å². The maximum absolute atomic E-state index is 12.7. The number of nitrogens with one attached hydrogen (secondary N) is 2. The SMILES string of the molecule is CCC(CC)(CNC(=O)[C@@H](CCSC)NC(=O)c1cccc(C)c1)C(=O)O. The number of benzene rings is 1. The van der Waals surface area contributed by atoms with Gasteiger partial charge in [-0.2, -0.15) is 11.8 Å². The van der Waals surface area contributed by atoms with Crippen molar-refractivity contribution < 1.29 is 19.5 Å². The molecule has 3 N–H and O–H groups in total. The van der Waals surface area contributed by atoms with Gasteiger partial charge in [0.05, 0.1) is 5.41 Å². The molecule has 2 amide bonds. The summed E-state index contributed by atoms with van der Waals surface area (Å²) in [6.45, 7) is 5.54. The summed E-state index contributed by atoms with van der Waals surface area (Å²) in [5, 5.41) is 15.0. The predicted octanol–water partition coefficient (Wildman–Crippen LogP) is 2.85. The minimum Gasteiger partial charge on any atom is -0.481 e. The minimum atomic E-state index is -0.986. The molecule has 0 saturated heterocycles.